The topological polar surface area (TPSA) is 98.8 Å². The van der Waals surface area contributed by atoms with E-state index in [9.17, 15) is 18.0 Å². The minimum Gasteiger partial charge on any atom is -0.340 e. The van der Waals surface area contributed by atoms with E-state index >= 15 is 0 Å². The van der Waals surface area contributed by atoms with E-state index in [4.69, 9.17) is 0 Å². The summed E-state index contributed by atoms with van der Waals surface area (Å²) in [5.74, 6) is -0.574. The third-order valence-electron chi connectivity index (χ3n) is 5.20. The zero-order valence-corrected chi connectivity index (χ0v) is 18.5. The average Bonchev–Trinajstić information content (AvgIpc) is 2.65. The molecule has 0 spiro atoms. The molecule has 162 valence electrons. The highest BCUT2D eigenvalue weighted by Gasteiger charge is 2.21. The highest BCUT2D eigenvalue weighted by atomic mass is 32.2. The van der Waals surface area contributed by atoms with Crippen LogP contribution in [0.3, 0.4) is 0 Å². The number of rotatable bonds is 8. The second-order valence-electron chi connectivity index (χ2n) is 7.81. The molecule has 0 atom stereocenters. The molecule has 1 aliphatic rings. The molecule has 29 heavy (non-hydrogen) atoms. The third kappa shape index (κ3) is 7.32. The van der Waals surface area contributed by atoms with E-state index in [1.165, 1.54) is 51.2 Å². The van der Waals surface area contributed by atoms with Gasteiger partial charge in [-0.15, -0.1) is 0 Å². The summed E-state index contributed by atoms with van der Waals surface area (Å²) in [6.07, 6.45) is 7.21. The Morgan fingerprint density at radius 1 is 1.10 bits per heavy atom. The maximum atomic E-state index is 13.0. The van der Waals surface area contributed by atoms with Gasteiger partial charge in [0.1, 0.15) is 0 Å². The molecule has 0 heterocycles. The van der Waals surface area contributed by atoms with Crippen LogP contribution in [0.25, 0.3) is 0 Å². The second kappa shape index (κ2) is 10.1. The van der Waals surface area contributed by atoms with Gasteiger partial charge >= 0.3 is 0 Å². The van der Waals surface area contributed by atoms with Gasteiger partial charge < -0.3 is 15.1 Å². The summed E-state index contributed by atoms with van der Waals surface area (Å²) in [6, 6.07) is 5.10. The molecule has 2 rings (SSSR count). The largest absolute Gasteiger partial charge is 0.340 e. The fourth-order valence-electron chi connectivity index (χ4n) is 3.61. The second-order valence-corrected chi connectivity index (χ2v) is 9.56. The Balaban J connectivity index is 2.13. The minimum absolute atomic E-state index is 0.194. The summed E-state index contributed by atoms with van der Waals surface area (Å²) < 4.78 is 25.8. The molecule has 2 N–H and O–H groups in total. The van der Waals surface area contributed by atoms with Crippen LogP contribution in [-0.4, -0.2) is 69.5 Å². The van der Waals surface area contributed by atoms with Crippen LogP contribution in [-0.2, 0) is 14.8 Å². The van der Waals surface area contributed by atoms with Gasteiger partial charge in [-0.25, -0.2) is 8.42 Å². The Morgan fingerprint density at radius 3 is 2.34 bits per heavy atom. The number of likely N-dealkylation sites (N-methyl/N-ethyl adjacent to an activating group) is 2. The number of sulfonamides is 1. The van der Waals surface area contributed by atoms with Crippen molar-refractivity contribution in [2.24, 2.45) is 0 Å². The van der Waals surface area contributed by atoms with E-state index in [1.807, 2.05) is 0 Å². The maximum Gasteiger partial charge on any atom is 0.255 e. The lowest BCUT2D eigenvalue weighted by Gasteiger charge is -2.32. The first kappa shape index (κ1) is 23.2. The molecule has 0 unspecified atom stereocenters. The molecule has 1 aliphatic carbocycles. The lowest BCUT2D eigenvalue weighted by Crippen LogP contribution is -2.40. The van der Waals surface area contributed by atoms with Gasteiger partial charge in [-0.2, -0.15) is 0 Å². The number of nitrogens with zero attached hydrogens (tertiary/aromatic N) is 2. The molecule has 1 fully saturated rings. The predicted octanol–water partition coefficient (Wildman–Crippen LogP) is 2.35. The van der Waals surface area contributed by atoms with Crippen molar-refractivity contribution in [3.05, 3.63) is 23.8 Å². The monoisotopic (exact) mass is 424 g/mol. The third-order valence-corrected chi connectivity index (χ3v) is 5.79. The molecule has 0 saturated heterocycles. The first-order valence-corrected chi connectivity index (χ1v) is 11.8. The van der Waals surface area contributed by atoms with Gasteiger partial charge in [0.2, 0.25) is 15.9 Å². The van der Waals surface area contributed by atoms with E-state index < -0.39 is 10.0 Å². The highest BCUT2D eigenvalue weighted by molar-refractivity contribution is 7.92. The number of amides is 2. The van der Waals surface area contributed by atoms with Gasteiger partial charge in [0.25, 0.3) is 5.91 Å². The van der Waals surface area contributed by atoms with Gasteiger partial charge in [0.15, 0.2) is 0 Å². The van der Waals surface area contributed by atoms with Gasteiger partial charge in [-0.1, -0.05) is 19.3 Å². The Bertz CT molecular complexity index is 835. The molecule has 0 bridgehead atoms. The fourth-order valence-corrected chi connectivity index (χ4v) is 4.19. The highest BCUT2D eigenvalue weighted by Crippen LogP contribution is 2.24. The Hall–Kier alpha value is -2.13. The van der Waals surface area contributed by atoms with E-state index in [-0.39, 0.29) is 23.1 Å². The molecular weight excluding hydrogens is 392 g/mol. The standard InChI is InChI=1S/C20H32N4O4S/c1-15(25)21-16-10-11-19(22-29(4,27)28)18(14-16)20(26)24(3)13-12-23(2)17-8-6-5-7-9-17/h10-11,14,17,22H,5-9,12-13H2,1-4H3,(H,21,25). The summed E-state index contributed by atoms with van der Waals surface area (Å²) in [7, 11) is 0.235. The van der Waals surface area contributed by atoms with E-state index in [0.717, 1.165) is 12.8 Å². The van der Waals surface area contributed by atoms with E-state index in [0.29, 0.717) is 18.3 Å². The van der Waals surface area contributed by atoms with E-state index in [1.54, 1.807) is 18.0 Å². The van der Waals surface area contributed by atoms with Crippen LogP contribution < -0.4 is 10.0 Å². The summed E-state index contributed by atoms with van der Waals surface area (Å²) in [4.78, 5) is 28.3. The quantitative estimate of drug-likeness (QED) is 0.667. The van der Waals surface area contributed by atoms with Crippen molar-refractivity contribution in [1.82, 2.24) is 9.80 Å². The van der Waals surface area contributed by atoms with Crippen molar-refractivity contribution < 1.29 is 18.0 Å². The smallest absolute Gasteiger partial charge is 0.255 e. The first-order valence-electron chi connectivity index (χ1n) is 9.92. The number of nitrogens with one attached hydrogen (secondary N) is 2. The molecule has 0 aromatic heterocycles. The fraction of sp³-hybridized carbons (Fsp3) is 0.600. The molecular formula is C20H32N4O4S. The van der Waals surface area contributed by atoms with E-state index in [2.05, 4.69) is 22.0 Å². The van der Waals surface area contributed by atoms with Gasteiger partial charge in [-0.05, 0) is 38.1 Å². The van der Waals surface area contributed by atoms with Crippen LogP contribution in [0, 0.1) is 0 Å². The molecule has 1 aromatic rings. The summed E-state index contributed by atoms with van der Waals surface area (Å²) in [5.41, 5.74) is 0.830. The molecule has 0 radical (unpaired) electrons. The van der Waals surface area contributed by atoms with Crippen molar-refractivity contribution in [3.63, 3.8) is 0 Å². The number of benzene rings is 1. The van der Waals surface area contributed by atoms with Crippen LogP contribution >= 0.6 is 0 Å². The maximum absolute atomic E-state index is 13.0. The number of carbonyl (C=O) groups excluding carboxylic acids is 2. The van der Waals surface area contributed by atoms with Gasteiger partial charge in [0, 0.05) is 38.8 Å². The number of hydrogen-bond donors (Lipinski definition) is 2. The molecule has 9 heteroatoms. The van der Waals surface area contributed by atoms with Crippen molar-refractivity contribution in [2.45, 2.75) is 45.1 Å². The van der Waals surface area contributed by atoms with Crippen LogP contribution in [0.15, 0.2) is 18.2 Å². The van der Waals surface area contributed by atoms with Crippen LogP contribution in [0.2, 0.25) is 0 Å². The average molecular weight is 425 g/mol. The molecule has 8 nitrogen and oxygen atoms in total. The van der Waals surface area contributed by atoms with Gasteiger partial charge in [0.05, 0.1) is 17.5 Å². The van der Waals surface area contributed by atoms with Crippen molar-refractivity contribution in [2.75, 3.05) is 43.5 Å². The van der Waals surface area contributed by atoms with Crippen LogP contribution in [0.4, 0.5) is 11.4 Å². The first-order chi connectivity index (χ1) is 13.6. The lowest BCUT2D eigenvalue weighted by atomic mass is 9.94. The molecule has 1 aromatic carbocycles. The van der Waals surface area contributed by atoms with Crippen molar-refractivity contribution in [3.8, 4) is 0 Å². The SMILES string of the molecule is CC(=O)Nc1ccc(NS(C)(=O)=O)c(C(=O)N(C)CCN(C)C2CCCCC2)c1. The van der Waals surface area contributed by atoms with Crippen LogP contribution in [0.1, 0.15) is 49.4 Å². The Labute approximate surface area is 173 Å². The Kier molecular flexibility index (Phi) is 8.04. The predicted molar refractivity (Wildman–Crippen MR) is 116 cm³/mol. The molecule has 2 amide bonds. The summed E-state index contributed by atoms with van der Waals surface area (Å²) in [5, 5.41) is 2.63. The summed E-state index contributed by atoms with van der Waals surface area (Å²) in [6.45, 7) is 2.64. The zero-order chi connectivity index (χ0) is 21.6. The van der Waals surface area contributed by atoms with Crippen LogP contribution in [0.5, 0.6) is 0 Å². The number of carbonyl (C=O) groups is 2. The summed E-state index contributed by atoms with van der Waals surface area (Å²) >= 11 is 0. The normalized spacial score (nSPS) is 15.2. The van der Waals surface area contributed by atoms with Crippen molar-refractivity contribution >= 4 is 33.2 Å². The van der Waals surface area contributed by atoms with Crippen molar-refractivity contribution in [1.29, 1.82) is 0 Å². The molecule has 0 aliphatic heterocycles. The molecule has 1 saturated carbocycles. The lowest BCUT2D eigenvalue weighted by molar-refractivity contribution is -0.114. The minimum atomic E-state index is -3.55. The zero-order valence-electron chi connectivity index (χ0n) is 17.7. The number of hydrogen-bond acceptors (Lipinski definition) is 5. The number of anilines is 2. The van der Waals surface area contributed by atoms with Gasteiger partial charge in [-0.3, -0.25) is 14.3 Å². The Morgan fingerprint density at radius 2 is 1.76 bits per heavy atom.